The lowest BCUT2D eigenvalue weighted by molar-refractivity contribution is 0.612. The number of hydrogen-bond acceptors (Lipinski definition) is 3. The zero-order valence-electron chi connectivity index (χ0n) is 5.41. The number of halogens is 2. The van der Waals surface area contributed by atoms with Gasteiger partial charge in [-0.15, -0.1) is 12.4 Å². The number of rotatable bonds is 1. The molecule has 0 aliphatic rings. The molecular formula is C5H6ClFN4. The summed E-state index contributed by atoms with van der Waals surface area (Å²) < 4.78 is 12.1. The molecule has 0 spiro atoms. The Hall–Kier alpha value is -1.23. The van der Waals surface area contributed by atoms with Crippen molar-refractivity contribution < 1.29 is 4.39 Å². The summed E-state index contributed by atoms with van der Waals surface area (Å²) in [6.45, 7) is 0. The normalized spacial score (nSPS) is 8.45. The summed E-state index contributed by atoms with van der Waals surface area (Å²) in [5.74, 6) is -0.758. The highest BCUT2D eigenvalue weighted by atomic mass is 35.5. The molecule has 0 aliphatic heterocycles. The SMILES string of the molecule is Cl.N=C(N)c1ncc(F)cn1. The van der Waals surface area contributed by atoms with E-state index in [1.54, 1.807) is 0 Å². The summed E-state index contributed by atoms with van der Waals surface area (Å²) in [7, 11) is 0. The van der Waals surface area contributed by atoms with Crippen LogP contribution in [0.25, 0.3) is 0 Å². The molecule has 1 aromatic heterocycles. The molecule has 0 saturated heterocycles. The number of hydrogen-bond donors (Lipinski definition) is 2. The van der Waals surface area contributed by atoms with Crippen LogP contribution in [-0.4, -0.2) is 15.8 Å². The van der Waals surface area contributed by atoms with Crippen LogP contribution in [-0.2, 0) is 0 Å². The van der Waals surface area contributed by atoms with Crippen LogP contribution in [0, 0.1) is 11.2 Å². The van der Waals surface area contributed by atoms with Gasteiger partial charge in [0.2, 0.25) is 0 Å². The van der Waals surface area contributed by atoms with Crippen molar-refractivity contribution in [3.05, 3.63) is 24.0 Å². The van der Waals surface area contributed by atoms with E-state index >= 15 is 0 Å². The van der Waals surface area contributed by atoms with E-state index in [4.69, 9.17) is 11.1 Å². The largest absolute Gasteiger partial charge is 0.381 e. The average Bonchev–Trinajstić information content (AvgIpc) is 1.88. The van der Waals surface area contributed by atoms with E-state index < -0.39 is 5.82 Å². The maximum Gasteiger partial charge on any atom is 0.194 e. The third-order valence-electron chi connectivity index (χ3n) is 0.861. The quantitative estimate of drug-likeness (QED) is 0.478. The van der Waals surface area contributed by atoms with Gasteiger partial charge in [-0.25, -0.2) is 14.4 Å². The second-order valence-electron chi connectivity index (χ2n) is 1.64. The number of nitrogens with one attached hydrogen (secondary N) is 1. The Morgan fingerprint density at radius 1 is 1.45 bits per heavy atom. The van der Waals surface area contributed by atoms with Gasteiger partial charge in [0.25, 0.3) is 0 Å². The number of nitrogens with zero attached hydrogens (tertiary/aromatic N) is 2. The van der Waals surface area contributed by atoms with Crippen LogP contribution in [0.2, 0.25) is 0 Å². The maximum absolute atomic E-state index is 12.1. The van der Waals surface area contributed by atoms with Gasteiger partial charge in [-0.1, -0.05) is 0 Å². The zero-order valence-corrected chi connectivity index (χ0v) is 6.23. The molecule has 0 amide bonds. The monoisotopic (exact) mass is 176 g/mol. The first-order valence-electron chi connectivity index (χ1n) is 2.52. The molecule has 0 aliphatic carbocycles. The Morgan fingerprint density at radius 2 is 1.91 bits per heavy atom. The molecule has 4 nitrogen and oxygen atoms in total. The first-order valence-corrected chi connectivity index (χ1v) is 2.52. The second-order valence-corrected chi connectivity index (χ2v) is 1.64. The van der Waals surface area contributed by atoms with Gasteiger partial charge >= 0.3 is 0 Å². The highest BCUT2D eigenvalue weighted by Crippen LogP contribution is 1.90. The van der Waals surface area contributed by atoms with Crippen LogP contribution in [0.1, 0.15) is 5.82 Å². The summed E-state index contributed by atoms with van der Waals surface area (Å²) in [6, 6.07) is 0. The van der Waals surface area contributed by atoms with Crippen LogP contribution in [0.15, 0.2) is 12.4 Å². The standard InChI is InChI=1S/C5H5FN4.ClH/c6-3-1-9-5(4(7)8)10-2-3;/h1-2H,(H3,7,8);1H. The van der Waals surface area contributed by atoms with E-state index in [0.29, 0.717) is 0 Å². The van der Waals surface area contributed by atoms with Gasteiger partial charge in [-0.2, -0.15) is 0 Å². The summed E-state index contributed by atoms with van der Waals surface area (Å²) >= 11 is 0. The van der Waals surface area contributed by atoms with Crippen LogP contribution < -0.4 is 5.73 Å². The fourth-order valence-electron chi connectivity index (χ4n) is 0.451. The average molecular weight is 177 g/mol. The predicted octanol–water partition coefficient (Wildman–Crippen LogP) is 0.322. The molecule has 0 fully saturated rings. The minimum absolute atomic E-state index is 0. The molecule has 1 rings (SSSR count). The van der Waals surface area contributed by atoms with Crippen molar-refractivity contribution >= 4 is 18.2 Å². The van der Waals surface area contributed by atoms with Gasteiger partial charge in [-0.3, -0.25) is 5.41 Å². The van der Waals surface area contributed by atoms with Crippen molar-refractivity contribution in [3.8, 4) is 0 Å². The minimum atomic E-state index is -0.537. The molecule has 0 saturated carbocycles. The lowest BCUT2D eigenvalue weighted by Crippen LogP contribution is -2.14. The first-order chi connectivity index (χ1) is 4.70. The third kappa shape index (κ3) is 2.46. The highest BCUT2D eigenvalue weighted by molar-refractivity contribution is 5.90. The molecule has 3 N–H and O–H groups in total. The molecule has 0 aromatic carbocycles. The van der Waals surface area contributed by atoms with Crippen molar-refractivity contribution in [1.29, 1.82) is 5.41 Å². The van der Waals surface area contributed by atoms with E-state index in [0.717, 1.165) is 12.4 Å². The van der Waals surface area contributed by atoms with Crippen molar-refractivity contribution in [2.24, 2.45) is 5.73 Å². The molecule has 6 heteroatoms. The number of nitrogen functional groups attached to an aromatic ring is 1. The Bertz CT molecular complexity index is 247. The molecule has 60 valence electrons. The summed E-state index contributed by atoms with van der Waals surface area (Å²) in [5, 5.41) is 6.84. The van der Waals surface area contributed by atoms with Crippen LogP contribution in [0.5, 0.6) is 0 Å². The molecular weight excluding hydrogens is 171 g/mol. The van der Waals surface area contributed by atoms with Crippen molar-refractivity contribution in [3.63, 3.8) is 0 Å². The minimum Gasteiger partial charge on any atom is -0.381 e. The second kappa shape index (κ2) is 3.82. The van der Waals surface area contributed by atoms with Crippen LogP contribution in [0.3, 0.4) is 0 Å². The molecule has 0 bridgehead atoms. The van der Waals surface area contributed by atoms with Gasteiger partial charge < -0.3 is 5.73 Å². The fraction of sp³-hybridized carbons (Fsp3) is 0. The van der Waals surface area contributed by atoms with Crippen molar-refractivity contribution in [1.82, 2.24) is 9.97 Å². The van der Waals surface area contributed by atoms with Crippen LogP contribution in [0.4, 0.5) is 4.39 Å². The summed E-state index contributed by atoms with van der Waals surface area (Å²) in [6.07, 6.45) is 1.92. The maximum atomic E-state index is 12.1. The molecule has 0 radical (unpaired) electrons. The van der Waals surface area contributed by atoms with E-state index in [1.807, 2.05) is 0 Å². The zero-order chi connectivity index (χ0) is 7.56. The van der Waals surface area contributed by atoms with E-state index in [2.05, 4.69) is 9.97 Å². The lowest BCUT2D eigenvalue weighted by Gasteiger charge is -1.92. The molecule has 0 unspecified atom stereocenters. The lowest BCUT2D eigenvalue weighted by atomic mass is 10.5. The Balaban J connectivity index is 0.000001000. The molecule has 1 aromatic rings. The Labute approximate surface area is 68.6 Å². The fourth-order valence-corrected chi connectivity index (χ4v) is 0.451. The molecule has 1 heterocycles. The van der Waals surface area contributed by atoms with E-state index in [9.17, 15) is 4.39 Å². The number of nitrogens with two attached hydrogens (primary N) is 1. The van der Waals surface area contributed by atoms with Crippen LogP contribution >= 0.6 is 12.4 Å². The van der Waals surface area contributed by atoms with Gasteiger partial charge in [0.1, 0.15) is 0 Å². The van der Waals surface area contributed by atoms with E-state index in [-0.39, 0.29) is 24.1 Å². The number of amidine groups is 1. The predicted molar refractivity (Wildman–Crippen MR) is 40.3 cm³/mol. The van der Waals surface area contributed by atoms with Gasteiger partial charge in [0.15, 0.2) is 17.5 Å². The van der Waals surface area contributed by atoms with Gasteiger partial charge in [0.05, 0.1) is 12.4 Å². The van der Waals surface area contributed by atoms with Gasteiger partial charge in [0, 0.05) is 0 Å². The Kier molecular flexibility index (Phi) is 3.39. The topological polar surface area (TPSA) is 75.7 Å². The summed E-state index contributed by atoms with van der Waals surface area (Å²) in [5.41, 5.74) is 5.00. The number of aromatic nitrogens is 2. The van der Waals surface area contributed by atoms with Gasteiger partial charge in [-0.05, 0) is 0 Å². The van der Waals surface area contributed by atoms with Crippen molar-refractivity contribution in [2.75, 3.05) is 0 Å². The summed E-state index contributed by atoms with van der Waals surface area (Å²) in [4.78, 5) is 6.88. The molecule has 0 atom stereocenters. The third-order valence-corrected chi connectivity index (χ3v) is 0.861. The van der Waals surface area contributed by atoms with E-state index in [1.165, 1.54) is 0 Å². The van der Waals surface area contributed by atoms with Crippen molar-refractivity contribution in [2.45, 2.75) is 0 Å². The molecule has 11 heavy (non-hydrogen) atoms. The smallest absolute Gasteiger partial charge is 0.194 e. The Morgan fingerprint density at radius 3 is 2.27 bits per heavy atom. The highest BCUT2D eigenvalue weighted by Gasteiger charge is 1.97. The first kappa shape index (κ1) is 9.77.